The van der Waals surface area contributed by atoms with Crippen LogP contribution in [0.1, 0.15) is 0 Å². The van der Waals surface area contributed by atoms with Crippen molar-refractivity contribution in [3.05, 3.63) is 34.8 Å². The van der Waals surface area contributed by atoms with Gasteiger partial charge < -0.3 is 4.74 Å². The van der Waals surface area contributed by atoms with Gasteiger partial charge in [-0.1, -0.05) is 6.07 Å². The van der Waals surface area contributed by atoms with Gasteiger partial charge in [-0.2, -0.15) is 18.2 Å². The van der Waals surface area contributed by atoms with Gasteiger partial charge in [-0.05, 0) is 28.1 Å². The molecular weight excluding hydrogens is 334 g/mol. The Kier molecular flexibility index (Phi) is 3.74. The van der Waals surface area contributed by atoms with Crippen molar-refractivity contribution in [3.8, 4) is 11.8 Å². The Balaban J connectivity index is 2.25. The number of hydrogen-bond donors (Lipinski definition) is 0. The third-order valence-corrected chi connectivity index (χ3v) is 2.28. The lowest BCUT2D eigenvalue weighted by atomic mass is 10.3. The average Bonchev–Trinajstić information content (AvgIpc) is 2.56. The Morgan fingerprint density at radius 2 is 2.05 bits per heavy atom. The molecule has 0 unspecified atom stereocenters. The third-order valence-electron chi connectivity index (χ3n) is 1.95. The first-order valence-corrected chi connectivity index (χ1v) is 5.73. The number of rotatable bonds is 3. The van der Waals surface area contributed by atoms with E-state index in [1.807, 2.05) is 0 Å². The quantitative estimate of drug-likeness (QED) is 0.803. The minimum atomic E-state index is -4.47. The number of hydrogen-bond acceptors (Lipinski definition) is 3. The summed E-state index contributed by atoms with van der Waals surface area (Å²) in [6.07, 6.45) is -4.47. The van der Waals surface area contributed by atoms with Gasteiger partial charge in [0.25, 0.3) is 0 Å². The summed E-state index contributed by atoms with van der Waals surface area (Å²) in [7, 11) is 0. The molecule has 1 heterocycles. The van der Waals surface area contributed by atoms with Crippen LogP contribution in [0, 0.1) is 5.82 Å². The van der Waals surface area contributed by atoms with Gasteiger partial charge >= 0.3 is 12.2 Å². The van der Waals surface area contributed by atoms with Crippen LogP contribution in [0.4, 0.5) is 17.6 Å². The second-order valence-corrected chi connectivity index (χ2v) is 4.20. The molecule has 2 rings (SSSR count). The highest BCUT2D eigenvalue weighted by Crippen LogP contribution is 2.25. The second-order valence-electron chi connectivity index (χ2n) is 3.50. The van der Waals surface area contributed by atoms with Crippen LogP contribution in [0.2, 0.25) is 0 Å². The van der Waals surface area contributed by atoms with E-state index in [0.717, 1.165) is 6.07 Å². The van der Waals surface area contributed by atoms with E-state index in [4.69, 9.17) is 4.74 Å². The molecule has 4 nitrogen and oxygen atoms in total. The van der Waals surface area contributed by atoms with Crippen LogP contribution in [0.15, 0.2) is 29.0 Å². The monoisotopic (exact) mass is 339 g/mol. The first-order valence-electron chi connectivity index (χ1n) is 4.94. The van der Waals surface area contributed by atoms with Gasteiger partial charge in [0.05, 0.1) is 0 Å². The topological polar surface area (TPSA) is 39.9 Å². The van der Waals surface area contributed by atoms with Crippen molar-refractivity contribution in [2.45, 2.75) is 12.7 Å². The van der Waals surface area contributed by atoms with Crippen LogP contribution >= 0.6 is 15.9 Å². The lowest BCUT2D eigenvalue weighted by molar-refractivity contribution is -0.143. The minimum absolute atomic E-state index is 0.0309. The Morgan fingerprint density at radius 3 is 2.68 bits per heavy atom. The summed E-state index contributed by atoms with van der Waals surface area (Å²) in [5.41, 5.74) is 0. The molecule has 0 saturated heterocycles. The summed E-state index contributed by atoms with van der Waals surface area (Å²) in [6, 6.07) is 4.59. The van der Waals surface area contributed by atoms with Gasteiger partial charge in [0, 0.05) is 6.07 Å². The molecule has 0 saturated carbocycles. The maximum Gasteiger partial charge on any atom is 0.408 e. The number of halogens is 5. The molecule has 0 aliphatic heterocycles. The number of aromatic nitrogens is 3. The summed E-state index contributed by atoms with van der Waals surface area (Å²) >= 11 is 2.85. The van der Waals surface area contributed by atoms with Gasteiger partial charge in [-0.15, -0.1) is 5.10 Å². The normalized spacial score (nSPS) is 11.6. The molecule has 0 amide bonds. The molecule has 0 aliphatic rings. The van der Waals surface area contributed by atoms with Crippen molar-refractivity contribution >= 4 is 15.9 Å². The second kappa shape index (κ2) is 5.16. The Bertz CT molecular complexity index is 584. The highest BCUT2D eigenvalue weighted by Gasteiger charge is 2.31. The van der Waals surface area contributed by atoms with E-state index in [0.29, 0.717) is 4.68 Å². The molecule has 1 aromatic carbocycles. The zero-order chi connectivity index (χ0) is 14.0. The summed E-state index contributed by atoms with van der Waals surface area (Å²) in [4.78, 5) is 3.64. The first kappa shape index (κ1) is 13.8. The van der Waals surface area contributed by atoms with Gasteiger partial charge in [-0.25, -0.2) is 9.07 Å². The van der Waals surface area contributed by atoms with Crippen LogP contribution in [0.25, 0.3) is 0 Å². The van der Waals surface area contributed by atoms with Crippen molar-refractivity contribution in [2.75, 3.05) is 0 Å². The molecular formula is C10H6BrF4N3O. The van der Waals surface area contributed by atoms with Crippen LogP contribution in [0.3, 0.4) is 0 Å². The van der Waals surface area contributed by atoms with Crippen molar-refractivity contribution in [1.82, 2.24) is 14.8 Å². The summed E-state index contributed by atoms with van der Waals surface area (Å²) in [5.74, 6) is -0.540. The fourth-order valence-electron chi connectivity index (χ4n) is 1.29. The SMILES string of the molecule is Fc1cccc(Oc2nc(Br)nn2CC(F)(F)F)c1. The van der Waals surface area contributed by atoms with Crippen molar-refractivity contribution < 1.29 is 22.3 Å². The number of nitrogens with zero attached hydrogens (tertiary/aromatic N) is 3. The van der Waals surface area contributed by atoms with Crippen molar-refractivity contribution in [3.63, 3.8) is 0 Å². The van der Waals surface area contributed by atoms with Crippen LogP contribution in [-0.2, 0) is 6.54 Å². The van der Waals surface area contributed by atoms with Crippen LogP contribution < -0.4 is 4.74 Å². The largest absolute Gasteiger partial charge is 0.424 e. The molecule has 102 valence electrons. The molecule has 0 fully saturated rings. The number of alkyl halides is 3. The van der Waals surface area contributed by atoms with Crippen LogP contribution in [0.5, 0.6) is 11.8 Å². The molecule has 0 N–H and O–H groups in total. The molecule has 0 radical (unpaired) electrons. The summed E-state index contributed by atoms with van der Waals surface area (Å²) in [6.45, 7) is -1.35. The highest BCUT2D eigenvalue weighted by atomic mass is 79.9. The predicted molar refractivity (Wildman–Crippen MR) is 60.3 cm³/mol. The van der Waals surface area contributed by atoms with Gasteiger partial charge in [0.2, 0.25) is 4.73 Å². The van der Waals surface area contributed by atoms with Crippen molar-refractivity contribution in [2.24, 2.45) is 0 Å². The Hall–Kier alpha value is -1.64. The number of benzene rings is 1. The fourth-order valence-corrected chi connectivity index (χ4v) is 1.63. The summed E-state index contributed by atoms with van der Waals surface area (Å²) in [5, 5.41) is 3.50. The van der Waals surface area contributed by atoms with E-state index in [-0.39, 0.29) is 16.5 Å². The lowest BCUT2D eigenvalue weighted by Crippen LogP contribution is -2.19. The Morgan fingerprint density at radius 1 is 1.32 bits per heavy atom. The maximum atomic E-state index is 12.9. The lowest BCUT2D eigenvalue weighted by Gasteiger charge is -2.09. The van der Waals surface area contributed by atoms with E-state index < -0.39 is 18.5 Å². The van der Waals surface area contributed by atoms with E-state index in [1.165, 1.54) is 18.2 Å². The molecule has 1 aromatic heterocycles. The van der Waals surface area contributed by atoms with E-state index in [1.54, 1.807) is 0 Å². The molecule has 0 bridgehead atoms. The highest BCUT2D eigenvalue weighted by molar-refractivity contribution is 9.10. The van der Waals surface area contributed by atoms with Crippen LogP contribution in [-0.4, -0.2) is 20.9 Å². The fraction of sp³-hybridized carbons (Fsp3) is 0.200. The maximum absolute atomic E-state index is 12.9. The number of ether oxygens (including phenoxy) is 1. The summed E-state index contributed by atoms with van der Waals surface area (Å²) < 4.78 is 55.4. The molecule has 0 aliphatic carbocycles. The van der Waals surface area contributed by atoms with Crippen molar-refractivity contribution in [1.29, 1.82) is 0 Å². The standard InChI is InChI=1S/C10H6BrF4N3O/c11-8-16-9(18(17-8)5-10(13,14)15)19-7-3-1-2-6(12)4-7/h1-4H,5H2. The van der Waals surface area contributed by atoms with E-state index in [2.05, 4.69) is 26.0 Å². The van der Waals surface area contributed by atoms with Gasteiger partial charge in [0.1, 0.15) is 18.1 Å². The predicted octanol–water partition coefficient (Wildman–Crippen LogP) is 3.53. The average molecular weight is 340 g/mol. The zero-order valence-electron chi connectivity index (χ0n) is 9.16. The third kappa shape index (κ3) is 3.91. The smallest absolute Gasteiger partial charge is 0.408 e. The van der Waals surface area contributed by atoms with E-state index in [9.17, 15) is 17.6 Å². The van der Waals surface area contributed by atoms with Gasteiger partial charge in [0.15, 0.2) is 0 Å². The molecule has 9 heteroatoms. The molecule has 2 aromatic rings. The molecule has 0 spiro atoms. The van der Waals surface area contributed by atoms with Gasteiger partial charge in [-0.3, -0.25) is 0 Å². The Labute approximate surface area is 113 Å². The first-order chi connectivity index (χ1) is 8.83. The molecule has 0 atom stereocenters. The minimum Gasteiger partial charge on any atom is -0.424 e. The molecule has 19 heavy (non-hydrogen) atoms. The van der Waals surface area contributed by atoms with E-state index >= 15 is 0 Å². The zero-order valence-corrected chi connectivity index (χ0v) is 10.7.